The van der Waals surface area contributed by atoms with Crippen LogP contribution >= 0.6 is 0 Å². The summed E-state index contributed by atoms with van der Waals surface area (Å²) in [5.41, 5.74) is 0. The smallest absolute Gasteiger partial charge is 0.550 e. The third-order valence-corrected chi connectivity index (χ3v) is 0.1000. The number of carbonyl (C=O) groups is 2. The second kappa shape index (κ2) is 29.2. The molecule has 0 rings (SSSR count). The molecule has 0 aromatic rings. The molecule has 0 fully saturated rings. The summed E-state index contributed by atoms with van der Waals surface area (Å²) < 4.78 is 0. The molecular weight excluding hydrogens is 224 g/mol. The zero-order chi connectivity index (χ0) is 10.6. The molecule has 0 radical (unpaired) electrons. The van der Waals surface area contributed by atoms with Crippen LogP contribution in [0.2, 0.25) is 0 Å². The van der Waals surface area contributed by atoms with E-state index in [0.29, 0.717) is 0 Å². The number of carboxylic acid groups (broad SMARTS) is 2. The summed E-state index contributed by atoms with van der Waals surface area (Å²) in [7, 11) is 0. The average Bonchev–Trinajstić information content (AvgIpc) is 1.85. The maximum absolute atomic E-state index is 8.89. The van der Waals surface area contributed by atoms with Gasteiger partial charge in [-0.05, 0) is 13.8 Å². The SMILES string of the molecule is CC(=O)[O-].CC(=O)[O-].O.OCCO.[Ca+2]. The Morgan fingerprint density at radius 3 is 1.07 bits per heavy atom. The van der Waals surface area contributed by atoms with E-state index in [-0.39, 0.29) is 56.4 Å². The van der Waals surface area contributed by atoms with Crippen molar-refractivity contribution in [3.8, 4) is 0 Å². The van der Waals surface area contributed by atoms with Crippen LogP contribution in [0.5, 0.6) is 0 Å². The molecule has 0 aromatic carbocycles. The zero-order valence-electron chi connectivity index (χ0n) is 8.15. The van der Waals surface area contributed by atoms with E-state index < -0.39 is 11.9 Å². The second-order valence-corrected chi connectivity index (χ2v) is 1.43. The van der Waals surface area contributed by atoms with Gasteiger partial charge in [-0.3, -0.25) is 0 Å². The molecule has 0 unspecified atom stereocenters. The predicted molar refractivity (Wildman–Crippen MR) is 44.9 cm³/mol. The fourth-order valence-electron chi connectivity index (χ4n) is 0. The minimum atomic E-state index is -1.08. The number of carbonyl (C=O) groups excluding carboxylic acids is 2. The van der Waals surface area contributed by atoms with Crippen LogP contribution in [0.25, 0.3) is 0 Å². The Balaban J connectivity index is -0.0000000270. The monoisotopic (exact) mass is 238 g/mol. The van der Waals surface area contributed by atoms with Crippen molar-refractivity contribution in [1.82, 2.24) is 0 Å². The molecule has 82 valence electrons. The Bertz CT molecular complexity index is 94.7. The van der Waals surface area contributed by atoms with E-state index in [2.05, 4.69) is 0 Å². The van der Waals surface area contributed by atoms with Crippen molar-refractivity contribution in [2.45, 2.75) is 13.8 Å². The van der Waals surface area contributed by atoms with Crippen molar-refractivity contribution in [2.75, 3.05) is 13.2 Å². The summed E-state index contributed by atoms with van der Waals surface area (Å²) in [6.07, 6.45) is 0. The largest absolute Gasteiger partial charge is 2.00 e. The van der Waals surface area contributed by atoms with Gasteiger partial charge in [-0.15, -0.1) is 0 Å². The van der Waals surface area contributed by atoms with E-state index in [1.807, 2.05) is 0 Å². The van der Waals surface area contributed by atoms with Crippen LogP contribution in [-0.2, 0) is 9.59 Å². The molecule has 0 heterocycles. The Labute approximate surface area is 112 Å². The van der Waals surface area contributed by atoms with Crippen molar-refractivity contribution in [3.63, 3.8) is 0 Å². The molecule has 7 nitrogen and oxygen atoms in total. The van der Waals surface area contributed by atoms with Crippen LogP contribution in [0.4, 0.5) is 0 Å². The standard InChI is InChI=1S/2C2H4O2.C2H6O2.Ca.H2O/c2*1-2(3)4;3-1-2-4;;/h2*1H3,(H,3,4);3-4H,1-2H2;;1H2/q;;;+2;/p-2. The summed E-state index contributed by atoms with van der Waals surface area (Å²) >= 11 is 0. The molecule has 0 amide bonds. The normalized spacial score (nSPS) is 5.71. The van der Waals surface area contributed by atoms with Crippen molar-refractivity contribution in [3.05, 3.63) is 0 Å². The number of aliphatic carboxylic acids is 2. The van der Waals surface area contributed by atoms with Crippen LogP contribution in [0.3, 0.4) is 0 Å². The van der Waals surface area contributed by atoms with Gasteiger partial charge in [0.15, 0.2) is 0 Å². The summed E-state index contributed by atoms with van der Waals surface area (Å²) in [6, 6.07) is 0. The van der Waals surface area contributed by atoms with Gasteiger partial charge < -0.3 is 35.5 Å². The van der Waals surface area contributed by atoms with Gasteiger partial charge in [-0.2, -0.15) is 0 Å². The van der Waals surface area contributed by atoms with Crippen LogP contribution in [0.15, 0.2) is 0 Å². The molecule has 0 aliphatic heterocycles. The van der Waals surface area contributed by atoms with E-state index in [4.69, 9.17) is 30.0 Å². The molecule has 4 N–H and O–H groups in total. The first-order valence-corrected chi connectivity index (χ1v) is 2.95. The Kier molecular flexibility index (Phi) is 61.0. The van der Waals surface area contributed by atoms with Crippen LogP contribution in [0.1, 0.15) is 13.8 Å². The molecular formula is C6H14CaO7. The van der Waals surface area contributed by atoms with E-state index >= 15 is 0 Å². The van der Waals surface area contributed by atoms with Crippen LogP contribution < -0.4 is 10.2 Å². The zero-order valence-corrected chi connectivity index (χ0v) is 10.4. The molecule has 8 heteroatoms. The minimum absolute atomic E-state index is 0. The van der Waals surface area contributed by atoms with Gasteiger partial charge in [-0.1, -0.05) is 0 Å². The maximum atomic E-state index is 8.89. The van der Waals surface area contributed by atoms with E-state index in [9.17, 15) is 0 Å². The number of aliphatic hydroxyl groups is 2. The van der Waals surface area contributed by atoms with Gasteiger partial charge in [0.2, 0.25) is 0 Å². The van der Waals surface area contributed by atoms with Crippen molar-refractivity contribution >= 4 is 49.7 Å². The number of hydrogen-bond donors (Lipinski definition) is 2. The Morgan fingerprint density at radius 2 is 1.07 bits per heavy atom. The van der Waals surface area contributed by atoms with Crippen LogP contribution in [0, 0.1) is 0 Å². The molecule has 0 saturated heterocycles. The topological polar surface area (TPSA) is 152 Å². The van der Waals surface area contributed by atoms with Crippen molar-refractivity contribution in [2.24, 2.45) is 0 Å². The first-order chi connectivity index (χ1) is 5.38. The molecule has 0 aromatic heterocycles. The fraction of sp³-hybridized carbons (Fsp3) is 0.667. The molecule has 0 atom stereocenters. The van der Waals surface area contributed by atoms with Gasteiger partial charge in [0.1, 0.15) is 0 Å². The number of hydrogen-bond acceptors (Lipinski definition) is 6. The minimum Gasteiger partial charge on any atom is -0.550 e. The van der Waals surface area contributed by atoms with Gasteiger partial charge in [0, 0.05) is 11.9 Å². The quantitative estimate of drug-likeness (QED) is 0.437. The third kappa shape index (κ3) is 1270. The Hall–Kier alpha value is 0.0797. The summed E-state index contributed by atoms with van der Waals surface area (Å²) in [5, 5.41) is 33.0. The van der Waals surface area contributed by atoms with E-state index in [1.54, 1.807) is 0 Å². The van der Waals surface area contributed by atoms with Crippen molar-refractivity contribution in [1.29, 1.82) is 0 Å². The van der Waals surface area contributed by atoms with Gasteiger partial charge in [0.05, 0.1) is 13.2 Å². The fourth-order valence-corrected chi connectivity index (χ4v) is 0. The summed E-state index contributed by atoms with van der Waals surface area (Å²) in [4.78, 5) is 17.8. The average molecular weight is 238 g/mol. The second-order valence-electron chi connectivity index (χ2n) is 1.43. The molecule has 0 spiro atoms. The van der Waals surface area contributed by atoms with Gasteiger partial charge in [0.25, 0.3) is 0 Å². The van der Waals surface area contributed by atoms with E-state index in [0.717, 1.165) is 13.8 Å². The van der Waals surface area contributed by atoms with Gasteiger partial charge >= 0.3 is 37.7 Å². The maximum Gasteiger partial charge on any atom is 2.00 e. The first-order valence-electron chi connectivity index (χ1n) is 2.95. The number of aliphatic hydroxyl groups excluding tert-OH is 2. The third-order valence-electron chi connectivity index (χ3n) is 0.1000. The first kappa shape index (κ1) is 29.2. The van der Waals surface area contributed by atoms with Gasteiger partial charge in [-0.25, -0.2) is 0 Å². The van der Waals surface area contributed by atoms with Crippen LogP contribution in [-0.4, -0.2) is 78.6 Å². The molecule has 0 bridgehead atoms. The van der Waals surface area contributed by atoms with Crippen molar-refractivity contribution < 1.29 is 35.5 Å². The molecule has 0 saturated carbocycles. The number of rotatable bonds is 1. The summed E-state index contributed by atoms with van der Waals surface area (Å²) in [6.45, 7) is 1.69. The summed E-state index contributed by atoms with van der Waals surface area (Å²) in [5.74, 6) is -2.17. The molecule has 0 aliphatic rings. The van der Waals surface area contributed by atoms with E-state index in [1.165, 1.54) is 0 Å². The molecule has 14 heavy (non-hydrogen) atoms. The number of carboxylic acids is 2. The predicted octanol–water partition coefficient (Wildman–Crippen LogP) is -4.72. The molecule has 0 aliphatic carbocycles. The Morgan fingerprint density at radius 1 is 1.00 bits per heavy atom.